The molecule has 11 heteroatoms. The summed E-state index contributed by atoms with van der Waals surface area (Å²) in [4.78, 5) is 14.9. The molecule has 3 heterocycles. The first kappa shape index (κ1) is 24.5. The van der Waals surface area contributed by atoms with Crippen LogP contribution in [0.5, 0.6) is 0 Å². The molecule has 1 aromatic carbocycles. The van der Waals surface area contributed by atoms with Gasteiger partial charge in [0.15, 0.2) is 11.6 Å². The Morgan fingerprint density at radius 1 is 1.03 bits per heavy atom. The SMILES string of the molecule is O=C(NCC(C1CCOC1)N1CCOCC1)C1CCN(S(=O)(=O)c2ccc(F)c(F)c2)CC1. The van der Waals surface area contributed by atoms with Gasteiger partial charge in [0.05, 0.1) is 24.7 Å². The number of benzene rings is 1. The molecule has 0 aliphatic carbocycles. The van der Waals surface area contributed by atoms with Crippen LogP contribution in [0, 0.1) is 23.5 Å². The fourth-order valence-corrected chi connectivity index (χ4v) is 6.34. The highest BCUT2D eigenvalue weighted by molar-refractivity contribution is 7.89. The van der Waals surface area contributed by atoms with Crippen LogP contribution in [0.25, 0.3) is 0 Å². The molecule has 1 N–H and O–H groups in total. The van der Waals surface area contributed by atoms with Gasteiger partial charge in [0.1, 0.15) is 0 Å². The van der Waals surface area contributed by atoms with E-state index in [9.17, 15) is 22.0 Å². The zero-order chi connectivity index (χ0) is 23.4. The number of hydrogen-bond donors (Lipinski definition) is 1. The minimum atomic E-state index is -3.94. The summed E-state index contributed by atoms with van der Waals surface area (Å²) in [5, 5.41) is 3.09. The average Bonchev–Trinajstić information content (AvgIpc) is 3.36. The van der Waals surface area contributed by atoms with Gasteiger partial charge in [-0.2, -0.15) is 4.31 Å². The van der Waals surface area contributed by atoms with Crippen LogP contribution in [0.4, 0.5) is 8.78 Å². The van der Waals surface area contributed by atoms with Crippen molar-refractivity contribution in [2.75, 3.05) is 59.2 Å². The third kappa shape index (κ3) is 5.71. The van der Waals surface area contributed by atoms with Crippen LogP contribution in [0.15, 0.2) is 23.1 Å². The fourth-order valence-electron chi connectivity index (χ4n) is 4.85. The van der Waals surface area contributed by atoms with Gasteiger partial charge >= 0.3 is 0 Å². The first-order valence-electron chi connectivity index (χ1n) is 11.5. The molecule has 2 unspecified atom stereocenters. The Morgan fingerprint density at radius 3 is 2.39 bits per heavy atom. The Morgan fingerprint density at radius 2 is 1.76 bits per heavy atom. The highest BCUT2D eigenvalue weighted by atomic mass is 32.2. The number of nitrogens with one attached hydrogen (secondary N) is 1. The number of nitrogens with zero attached hydrogens (tertiary/aromatic N) is 2. The lowest BCUT2D eigenvalue weighted by Gasteiger charge is -2.38. The maximum atomic E-state index is 13.5. The van der Waals surface area contributed by atoms with Crippen molar-refractivity contribution in [3.8, 4) is 0 Å². The van der Waals surface area contributed by atoms with Crippen molar-refractivity contribution in [3.05, 3.63) is 29.8 Å². The third-order valence-electron chi connectivity index (χ3n) is 6.86. The number of halogens is 2. The van der Waals surface area contributed by atoms with E-state index < -0.39 is 21.7 Å². The smallest absolute Gasteiger partial charge is 0.243 e. The lowest BCUT2D eigenvalue weighted by Crippen LogP contribution is -2.53. The van der Waals surface area contributed by atoms with Gasteiger partial charge < -0.3 is 14.8 Å². The van der Waals surface area contributed by atoms with E-state index in [0.29, 0.717) is 51.2 Å². The third-order valence-corrected chi connectivity index (χ3v) is 8.76. The molecular formula is C22H31F2N3O5S. The normalized spacial score (nSPS) is 24.6. The highest BCUT2D eigenvalue weighted by Crippen LogP contribution is 2.26. The molecule has 184 valence electrons. The number of piperidine rings is 1. The Labute approximate surface area is 193 Å². The van der Waals surface area contributed by atoms with Gasteiger partial charge in [-0.3, -0.25) is 9.69 Å². The summed E-state index contributed by atoms with van der Waals surface area (Å²) in [6.07, 6.45) is 1.73. The van der Waals surface area contributed by atoms with E-state index in [2.05, 4.69) is 10.2 Å². The molecule has 4 rings (SSSR count). The van der Waals surface area contributed by atoms with Crippen molar-refractivity contribution >= 4 is 15.9 Å². The second kappa shape index (κ2) is 10.7. The van der Waals surface area contributed by atoms with E-state index in [4.69, 9.17) is 9.47 Å². The number of carbonyl (C=O) groups excluding carboxylic acids is 1. The number of morpholine rings is 1. The van der Waals surface area contributed by atoms with Gasteiger partial charge in [-0.1, -0.05) is 0 Å². The lowest BCUT2D eigenvalue weighted by atomic mass is 9.95. The number of sulfonamides is 1. The van der Waals surface area contributed by atoms with Gasteiger partial charge in [0, 0.05) is 57.2 Å². The highest BCUT2D eigenvalue weighted by Gasteiger charge is 2.35. The number of ether oxygens (including phenoxy) is 2. The summed E-state index contributed by atoms with van der Waals surface area (Å²) in [6.45, 7) is 5.30. The Balaban J connectivity index is 1.31. The van der Waals surface area contributed by atoms with Crippen molar-refractivity contribution < 1.29 is 31.5 Å². The van der Waals surface area contributed by atoms with Crippen LogP contribution in [0.2, 0.25) is 0 Å². The molecule has 33 heavy (non-hydrogen) atoms. The average molecular weight is 488 g/mol. The van der Waals surface area contributed by atoms with Gasteiger partial charge in [0.2, 0.25) is 15.9 Å². The molecular weight excluding hydrogens is 456 g/mol. The second-order valence-electron chi connectivity index (χ2n) is 8.84. The molecule has 3 fully saturated rings. The first-order chi connectivity index (χ1) is 15.9. The minimum Gasteiger partial charge on any atom is -0.381 e. The molecule has 0 aromatic heterocycles. The lowest BCUT2D eigenvalue weighted by molar-refractivity contribution is -0.126. The van der Waals surface area contributed by atoms with E-state index in [0.717, 1.165) is 38.2 Å². The molecule has 3 aliphatic rings. The Hall–Kier alpha value is -1.66. The minimum absolute atomic E-state index is 0.0722. The van der Waals surface area contributed by atoms with Gasteiger partial charge in [-0.25, -0.2) is 17.2 Å². The van der Waals surface area contributed by atoms with Crippen LogP contribution in [-0.4, -0.2) is 88.7 Å². The van der Waals surface area contributed by atoms with E-state index in [1.807, 2.05) is 0 Å². The summed E-state index contributed by atoms with van der Waals surface area (Å²) >= 11 is 0. The summed E-state index contributed by atoms with van der Waals surface area (Å²) in [5.74, 6) is -2.29. The molecule has 3 aliphatic heterocycles. The van der Waals surface area contributed by atoms with Crippen molar-refractivity contribution in [2.45, 2.75) is 30.2 Å². The molecule has 0 saturated carbocycles. The number of rotatable bonds is 7. The van der Waals surface area contributed by atoms with Crippen LogP contribution >= 0.6 is 0 Å². The van der Waals surface area contributed by atoms with Crippen LogP contribution < -0.4 is 5.32 Å². The Kier molecular flexibility index (Phi) is 7.95. The standard InChI is InChI=1S/C22H31F2N3O5S/c23-19-2-1-18(13-20(19)24)33(29,30)27-6-3-16(4-7-27)22(28)25-14-21(17-5-10-32-15-17)26-8-11-31-12-9-26/h1-2,13,16-17,21H,3-12,14-15H2,(H,25,28). The van der Waals surface area contributed by atoms with E-state index in [1.165, 1.54) is 4.31 Å². The van der Waals surface area contributed by atoms with Gasteiger partial charge in [0.25, 0.3) is 0 Å². The maximum Gasteiger partial charge on any atom is 0.243 e. The van der Waals surface area contributed by atoms with Crippen molar-refractivity contribution in [1.82, 2.24) is 14.5 Å². The molecule has 1 aromatic rings. The van der Waals surface area contributed by atoms with E-state index >= 15 is 0 Å². The summed E-state index contributed by atoms with van der Waals surface area (Å²) < 4.78 is 64.5. The molecule has 8 nitrogen and oxygen atoms in total. The predicted octanol–water partition coefficient (Wildman–Crippen LogP) is 1.22. The fraction of sp³-hybridized carbons (Fsp3) is 0.682. The molecule has 0 bridgehead atoms. The van der Waals surface area contributed by atoms with E-state index in [-0.39, 0.29) is 35.9 Å². The van der Waals surface area contributed by atoms with Crippen molar-refractivity contribution in [1.29, 1.82) is 0 Å². The van der Waals surface area contributed by atoms with Crippen LogP contribution in [0.1, 0.15) is 19.3 Å². The quantitative estimate of drug-likeness (QED) is 0.622. The number of hydrogen-bond acceptors (Lipinski definition) is 6. The number of amides is 1. The monoisotopic (exact) mass is 487 g/mol. The second-order valence-corrected chi connectivity index (χ2v) is 10.8. The van der Waals surface area contributed by atoms with E-state index in [1.54, 1.807) is 0 Å². The molecule has 2 atom stereocenters. The van der Waals surface area contributed by atoms with Crippen molar-refractivity contribution in [2.24, 2.45) is 11.8 Å². The molecule has 3 saturated heterocycles. The summed E-state index contributed by atoms with van der Waals surface area (Å²) in [5.41, 5.74) is 0. The summed E-state index contributed by atoms with van der Waals surface area (Å²) in [7, 11) is -3.94. The largest absolute Gasteiger partial charge is 0.381 e. The van der Waals surface area contributed by atoms with Crippen LogP contribution in [0.3, 0.4) is 0 Å². The number of carbonyl (C=O) groups is 1. The van der Waals surface area contributed by atoms with Crippen molar-refractivity contribution in [3.63, 3.8) is 0 Å². The predicted molar refractivity (Wildman–Crippen MR) is 116 cm³/mol. The zero-order valence-corrected chi connectivity index (χ0v) is 19.4. The topological polar surface area (TPSA) is 88.2 Å². The zero-order valence-electron chi connectivity index (χ0n) is 18.5. The first-order valence-corrected chi connectivity index (χ1v) is 12.9. The van der Waals surface area contributed by atoms with Gasteiger partial charge in [-0.15, -0.1) is 0 Å². The maximum absolute atomic E-state index is 13.5. The van der Waals surface area contributed by atoms with Crippen LogP contribution in [-0.2, 0) is 24.3 Å². The Bertz CT molecular complexity index is 928. The summed E-state index contributed by atoms with van der Waals surface area (Å²) in [6, 6.07) is 2.75. The van der Waals surface area contributed by atoms with Gasteiger partial charge in [-0.05, 0) is 37.5 Å². The molecule has 0 radical (unpaired) electrons. The molecule has 0 spiro atoms. The molecule has 1 amide bonds.